The second kappa shape index (κ2) is 14.1. The number of pyridine rings is 1. The summed E-state index contributed by atoms with van der Waals surface area (Å²) in [6.45, 7) is -2.81. The highest BCUT2D eigenvalue weighted by molar-refractivity contribution is 6.35. The van der Waals surface area contributed by atoms with Crippen molar-refractivity contribution in [2.24, 2.45) is 5.92 Å². The van der Waals surface area contributed by atoms with Crippen LogP contribution < -0.4 is 18.9 Å². The van der Waals surface area contributed by atoms with Crippen molar-refractivity contribution in [3.63, 3.8) is 0 Å². The molecule has 1 saturated carbocycles. The molecule has 0 aliphatic heterocycles. The van der Waals surface area contributed by atoms with Gasteiger partial charge < -0.3 is 24.5 Å². The van der Waals surface area contributed by atoms with Gasteiger partial charge >= 0.3 is 12.6 Å². The Hall–Kier alpha value is -4.41. The maximum absolute atomic E-state index is 13.3. The number of carboxylic acid groups (broad SMARTS) is 1. The molecule has 0 bridgehead atoms. The zero-order valence-corrected chi connectivity index (χ0v) is 25.1. The highest BCUT2D eigenvalue weighted by atomic mass is 35.5. The van der Waals surface area contributed by atoms with Crippen LogP contribution in [0.25, 0.3) is 0 Å². The van der Waals surface area contributed by atoms with Gasteiger partial charge in [-0.15, -0.1) is 0 Å². The Morgan fingerprint density at radius 1 is 1.02 bits per heavy atom. The largest absolute Gasteiger partial charge is 0.619 e. The minimum Gasteiger partial charge on any atom is -0.619 e. The molecule has 1 aliphatic carbocycles. The normalized spacial score (nSPS) is 13.4. The molecule has 1 aromatic heterocycles. The first-order valence-electron chi connectivity index (χ1n) is 13.9. The van der Waals surface area contributed by atoms with Gasteiger partial charge in [-0.2, -0.15) is 13.5 Å². The summed E-state index contributed by atoms with van der Waals surface area (Å²) in [5.74, 6) is -2.01. The van der Waals surface area contributed by atoms with Crippen LogP contribution in [-0.2, 0) is 13.0 Å². The first-order valence-corrected chi connectivity index (χ1v) is 14.7. The fourth-order valence-corrected chi connectivity index (χ4v) is 5.57. The Labute approximate surface area is 267 Å². The molecule has 1 fully saturated rings. The van der Waals surface area contributed by atoms with Crippen LogP contribution in [0.2, 0.25) is 10.0 Å². The number of ether oxygens (including phenoxy) is 3. The lowest BCUT2D eigenvalue weighted by Crippen LogP contribution is -2.25. The molecular formula is C33H27Cl2F2NO7. The molecule has 5 rings (SSSR count). The highest BCUT2D eigenvalue weighted by Gasteiger charge is 2.29. The minimum absolute atomic E-state index is 0.0191. The van der Waals surface area contributed by atoms with Crippen LogP contribution >= 0.6 is 23.2 Å². The molecule has 3 aromatic carbocycles. The minimum atomic E-state index is -3.09. The SMILES string of the molecule is O=Cc1c([C@@H](Cc2c(Cl)c[n+]([O-])cc2Cl)c2ccc(OC(F)F)c(OCC3CC3)c2)ccc(C(=O)O)c1OCc1ccccc1. The summed E-state index contributed by atoms with van der Waals surface area (Å²) in [5.41, 5.74) is 1.69. The van der Waals surface area contributed by atoms with Gasteiger partial charge in [-0.3, -0.25) is 4.79 Å². The molecule has 45 heavy (non-hydrogen) atoms. The summed E-state index contributed by atoms with van der Waals surface area (Å²) >= 11 is 12.9. The molecule has 1 heterocycles. The summed E-state index contributed by atoms with van der Waals surface area (Å²) in [6, 6.07) is 16.2. The number of alkyl halides is 2. The summed E-state index contributed by atoms with van der Waals surface area (Å²) in [6.07, 6.45) is 4.72. The molecule has 1 aliphatic rings. The van der Waals surface area contributed by atoms with Crippen LogP contribution in [0.15, 0.2) is 73.1 Å². The van der Waals surface area contributed by atoms with Crippen LogP contribution in [0.3, 0.4) is 0 Å². The maximum Gasteiger partial charge on any atom is 0.387 e. The number of aromatic nitrogens is 1. The van der Waals surface area contributed by atoms with E-state index in [1.165, 1.54) is 30.3 Å². The summed E-state index contributed by atoms with van der Waals surface area (Å²) in [5, 5.41) is 22.0. The number of aromatic carboxylic acids is 1. The molecule has 1 atom stereocenters. The Morgan fingerprint density at radius 2 is 1.73 bits per heavy atom. The van der Waals surface area contributed by atoms with E-state index in [0.29, 0.717) is 40.2 Å². The molecule has 12 heteroatoms. The number of halogens is 4. The molecule has 4 aromatic rings. The van der Waals surface area contributed by atoms with Crippen molar-refractivity contribution in [3.8, 4) is 17.2 Å². The van der Waals surface area contributed by atoms with E-state index in [1.54, 1.807) is 24.3 Å². The number of hydrogen-bond acceptors (Lipinski definition) is 6. The number of hydrogen-bond donors (Lipinski definition) is 1. The van der Waals surface area contributed by atoms with Gasteiger partial charge in [0.25, 0.3) is 0 Å². The molecule has 0 amide bonds. The lowest BCUT2D eigenvalue weighted by Gasteiger charge is -2.24. The Balaban J connectivity index is 1.65. The predicted octanol–water partition coefficient (Wildman–Crippen LogP) is 7.48. The van der Waals surface area contributed by atoms with E-state index in [9.17, 15) is 28.7 Å². The molecule has 0 saturated heterocycles. The van der Waals surface area contributed by atoms with Gasteiger partial charge in [0.05, 0.1) is 12.2 Å². The summed E-state index contributed by atoms with van der Waals surface area (Å²) < 4.78 is 43.5. The van der Waals surface area contributed by atoms with E-state index in [0.717, 1.165) is 30.8 Å². The van der Waals surface area contributed by atoms with Gasteiger partial charge in [-0.05, 0) is 60.1 Å². The third kappa shape index (κ3) is 7.82. The van der Waals surface area contributed by atoms with Crippen molar-refractivity contribution >= 4 is 35.5 Å². The first kappa shape index (κ1) is 32.0. The topological polar surface area (TPSA) is 109 Å². The molecule has 0 radical (unpaired) electrons. The Morgan fingerprint density at radius 3 is 2.36 bits per heavy atom. The quantitative estimate of drug-likeness (QED) is 0.0850. The van der Waals surface area contributed by atoms with Gasteiger partial charge in [0.1, 0.15) is 28.0 Å². The molecule has 0 spiro atoms. The molecular weight excluding hydrogens is 631 g/mol. The number of carbonyl (C=O) groups is 2. The maximum atomic E-state index is 13.3. The van der Waals surface area contributed by atoms with E-state index >= 15 is 0 Å². The van der Waals surface area contributed by atoms with Crippen molar-refractivity contribution in [1.82, 2.24) is 0 Å². The second-order valence-electron chi connectivity index (χ2n) is 10.5. The van der Waals surface area contributed by atoms with Crippen molar-refractivity contribution < 1.29 is 42.4 Å². The van der Waals surface area contributed by atoms with Crippen molar-refractivity contribution in [2.45, 2.75) is 38.4 Å². The fraction of sp³-hybridized carbons (Fsp3) is 0.242. The zero-order chi connectivity index (χ0) is 32.1. The number of carbonyl (C=O) groups excluding carboxylic acids is 1. The van der Waals surface area contributed by atoms with Gasteiger partial charge in [-0.1, -0.05) is 65.7 Å². The lowest BCUT2D eigenvalue weighted by molar-refractivity contribution is -0.605. The average Bonchev–Trinajstić information content (AvgIpc) is 3.84. The average molecular weight is 658 g/mol. The van der Waals surface area contributed by atoms with Gasteiger partial charge in [0.2, 0.25) is 0 Å². The summed E-state index contributed by atoms with van der Waals surface area (Å²) in [4.78, 5) is 24.9. The fourth-order valence-electron chi connectivity index (χ4n) is 4.97. The van der Waals surface area contributed by atoms with Crippen LogP contribution in [0.5, 0.6) is 17.2 Å². The van der Waals surface area contributed by atoms with Crippen LogP contribution in [0.1, 0.15) is 61.7 Å². The first-order chi connectivity index (χ1) is 21.6. The van der Waals surface area contributed by atoms with E-state index in [1.807, 2.05) is 6.07 Å². The summed E-state index contributed by atoms with van der Waals surface area (Å²) in [7, 11) is 0. The van der Waals surface area contributed by atoms with Gasteiger partial charge in [0.15, 0.2) is 30.2 Å². The Kier molecular flexibility index (Phi) is 10.0. The smallest absolute Gasteiger partial charge is 0.387 e. The van der Waals surface area contributed by atoms with Crippen molar-refractivity contribution in [1.29, 1.82) is 0 Å². The number of nitrogens with zero attached hydrogens (tertiary/aromatic N) is 1. The zero-order valence-electron chi connectivity index (χ0n) is 23.6. The molecule has 0 unspecified atom stereocenters. The predicted molar refractivity (Wildman–Crippen MR) is 162 cm³/mol. The van der Waals surface area contributed by atoms with Crippen molar-refractivity contribution in [2.75, 3.05) is 6.61 Å². The van der Waals surface area contributed by atoms with E-state index in [-0.39, 0.29) is 51.4 Å². The van der Waals surface area contributed by atoms with Crippen molar-refractivity contribution in [3.05, 3.63) is 122 Å². The third-order valence-corrected chi connectivity index (χ3v) is 8.05. The van der Waals surface area contributed by atoms with Gasteiger partial charge in [0, 0.05) is 11.5 Å². The number of carboxylic acids is 1. The number of aldehydes is 1. The van der Waals surface area contributed by atoms with E-state index in [2.05, 4.69) is 0 Å². The third-order valence-electron chi connectivity index (χ3n) is 7.40. The Bertz CT molecular complexity index is 1680. The standard InChI is InChI=1S/C33H27Cl2F2NO7/c34-27-14-38(42)15-28(35)25(27)13-24(21-8-11-29(45-33(36)37)30(12-21)43-17-20-6-7-20)22-9-10-23(32(40)41)31(26(22)16-39)44-18-19-4-2-1-3-5-19/h1-5,8-12,14-16,20,24,33H,6-7,13,17-18H2,(H,40,41)/t24-/m0/s1. The second-order valence-corrected chi connectivity index (χ2v) is 11.3. The molecule has 8 nitrogen and oxygen atoms in total. The monoisotopic (exact) mass is 657 g/mol. The van der Waals surface area contributed by atoms with E-state index in [4.69, 9.17) is 37.4 Å². The molecule has 1 N–H and O–H groups in total. The van der Waals surface area contributed by atoms with E-state index < -0.39 is 18.5 Å². The van der Waals surface area contributed by atoms with Crippen LogP contribution in [0.4, 0.5) is 8.78 Å². The number of rotatable bonds is 14. The van der Waals surface area contributed by atoms with Crippen LogP contribution in [0, 0.1) is 11.1 Å². The lowest BCUT2D eigenvalue weighted by atomic mass is 9.82. The van der Waals surface area contributed by atoms with Gasteiger partial charge in [-0.25, -0.2) is 4.79 Å². The molecule has 234 valence electrons. The number of benzene rings is 3. The highest BCUT2D eigenvalue weighted by Crippen LogP contribution is 2.42. The van der Waals surface area contributed by atoms with Crippen LogP contribution in [-0.4, -0.2) is 30.6 Å².